The fourth-order valence-electron chi connectivity index (χ4n) is 4.66. The first-order chi connectivity index (χ1) is 22.3. The molecule has 4 rings (SSSR count). The first-order valence-corrected chi connectivity index (χ1v) is 22.2. The van der Waals surface area contributed by atoms with Crippen molar-refractivity contribution in [1.82, 2.24) is 14.5 Å². The summed E-state index contributed by atoms with van der Waals surface area (Å²) in [6.45, 7) is 21.4. The van der Waals surface area contributed by atoms with Crippen LogP contribution in [0.25, 0.3) is 0 Å². The number of aromatic nitrogens is 2. The van der Waals surface area contributed by atoms with Crippen LogP contribution in [0.2, 0.25) is 36.3 Å². The van der Waals surface area contributed by atoms with Crippen LogP contribution in [0.1, 0.15) is 63.7 Å². The predicted octanol–water partition coefficient (Wildman–Crippen LogP) is 6.77. The molecule has 0 saturated carbocycles. The number of carbonyl (C=O) groups is 1. The second-order valence-corrected chi connectivity index (χ2v) is 24.8. The Morgan fingerprint density at radius 2 is 1.42 bits per heavy atom. The molecule has 1 aromatic heterocycles. The standard InChI is InChI=1S/C36H51N3O7Si2/c1-35(2,3)47(7,8)45-30-28(23-37-32(41)27-19-15-12-16-20-27)44-33(31(30)46-48(9,10)36(4,5)6)38-22-21-29(40)39(34(38)42)25-43-24-26-17-13-11-14-18-26/h11-23,30-31,33H,24-25H2,1-10H3,(H,37,41)/b28-23-/t30-,31-,33-/m1/s1. The predicted molar refractivity (Wildman–Crippen MR) is 192 cm³/mol. The number of nitrogens with zero attached hydrogens (tertiary/aromatic N) is 2. The van der Waals surface area contributed by atoms with Gasteiger partial charge in [0, 0.05) is 24.0 Å². The van der Waals surface area contributed by atoms with Gasteiger partial charge in [0.2, 0.25) is 6.23 Å². The molecular formula is C36H51N3O7Si2. The zero-order valence-corrected chi connectivity index (χ0v) is 31.9. The van der Waals surface area contributed by atoms with Crippen molar-refractivity contribution in [3.8, 4) is 0 Å². The molecule has 0 radical (unpaired) electrons. The molecule has 1 N–H and O–H groups in total. The summed E-state index contributed by atoms with van der Waals surface area (Å²) < 4.78 is 28.9. The number of hydrogen-bond donors (Lipinski definition) is 1. The van der Waals surface area contributed by atoms with Gasteiger partial charge in [-0.05, 0) is 54.0 Å². The molecule has 48 heavy (non-hydrogen) atoms. The van der Waals surface area contributed by atoms with Crippen LogP contribution in [0.3, 0.4) is 0 Å². The lowest BCUT2D eigenvalue weighted by Gasteiger charge is -2.43. The van der Waals surface area contributed by atoms with E-state index in [4.69, 9.17) is 18.3 Å². The van der Waals surface area contributed by atoms with E-state index in [0.717, 1.165) is 10.1 Å². The first kappa shape index (κ1) is 37.3. The second kappa shape index (κ2) is 14.5. The number of ether oxygens (including phenoxy) is 2. The Labute approximate surface area is 286 Å². The van der Waals surface area contributed by atoms with Crippen molar-refractivity contribution in [2.75, 3.05) is 0 Å². The van der Waals surface area contributed by atoms with Crippen LogP contribution in [-0.4, -0.2) is 43.9 Å². The Kier molecular flexibility index (Phi) is 11.3. The molecule has 3 atom stereocenters. The monoisotopic (exact) mass is 693 g/mol. The van der Waals surface area contributed by atoms with E-state index in [9.17, 15) is 14.4 Å². The Morgan fingerprint density at radius 1 is 0.854 bits per heavy atom. The number of nitrogens with one attached hydrogen (secondary N) is 1. The van der Waals surface area contributed by atoms with Gasteiger partial charge in [-0.3, -0.25) is 14.2 Å². The lowest BCUT2D eigenvalue weighted by molar-refractivity contribution is -0.00997. The molecule has 2 heterocycles. The van der Waals surface area contributed by atoms with Crippen molar-refractivity contribution in [2.24, 2.45) is 0 Å². The van der Waals surface area contributed by atoms with E-state index in [1.165, 1.54) is 23.0 Å². The molecule has 1 amide bonds. The highest BCUT2D eigenvalue weighted by Crippen LogP contribution is 2.46. The summed E-state index contributed by atoms with van der Waals surface area (Å²) in [4.78, 5) is 40.1. The Morgan fingerprint density at radius 3 is 2.00 bits per heavy atom. The second-order valence-electron chi connectivity index (χ2n) is 15.3. The van der Waals surface area contributed by atoms with E-state index in [-0.39, 0.29) is 29.3 Å². The van der Waals surface area contributed by atoms with Crippen LogP contribution in [-0.2, 0) is 31.7 Å². The summed E-state index contributed by atoms with van der Waals surface area (Å²) in [6, 6.07) is 19.7. The summed E-state index contributed by atoms with van der Waals surface area (Å²) in [6.07, 6.45) is 0.428. The van der Waals surface area contributed by atoms with E-state index in [1.54, 1.807) is 24.3 Å². The summed E-state index contributed by atoms with van der Waals surface area (Å²) in [5.41, 5.74) is 0.300. The van der Waals surface area contributed by atoms with Crippen LogP contribution in [0, 0.1) is 0 Å². The molecule has 0 unspecified atom stereocenters. The van der Waals surface area contributed by atoms with Gasteiger partial charge >= 0.3 is 5.69 Å². The van der Waals surface area contributed by atoms with Gasteiger partial charge in [0.25, 0.3) is 11.5 Å². The van der Waals surface area contributed by atoms with Crippen molar-refractivity contribution >= 4 is 22.5 Å². The maximum atomic E-state index is 14.0. The van der Waals surface area contributed by atoms with Crippen molar-refractivity contribution in [3.63, 3.8) is 0 Å². The molecule has 0 bridgehead atoms. The van der Waals surface area contributed by atoms with Gasteiger partial charge in [-0.15, -0.1) is 0 Å². The van der Waals surface area contributed by atoms with Crippen LogP contribution in [0.5, 0.6) is 0 Å². The summed E-state index contributed by atoms with van der Waals surface area (Å²) >= 11 is 0. The first-order valence-electron chi connectivity index (χ1n) is 16.3. The Hall–Kier alpha value is -3.56. The minimum Gasteiger partial charge on any atom is -0.467 e. The molecule has 12 heteroatoms. The third kappa shape index (κ3) is 8.53. The third-order valence-electron chi connectivity index (χ3n) is 9.66. The fraction of sp³-hybridized carbons (Fsp3) is 0.472. The average molecular weight is 694 g/mol. The molecule has 1 fully saturated rings. The Bertz CT molecular complexity index is 1710. The van der Waals surface area contributed by atoms with E-state index >= 15 is 0 Å². The topological polar surface area (TPSA) is 110 Å². The molecule has 1 aliphatic heterocycles. The van der Waals surface area contributed by atoms with Crippen LogP contribution in [0.15, 0.2) is 94.5 Å². The van der Waals surface area contributed by atoms with Crippen molar-refractivity contribution in [1.29, 1.82) is 0 Å². The van der Waals surface area contributed by atoms with Crippen LogP contribution in [0.4, 0.5) is 0 Å². The quantitative estimate of drug-likeness (QED) is 0.221. The number of benzene rings is 2. The number of amides is 1. The Balaban J connectivity index is 1.79. The lowest BCUT2D eigenvalue weighted by atomic mass is 10.2. The molecule has 1 saturated heterocycles. The minimum absolute atomic E-state index is 0.162. The van der Waals surface area contributed by atoms with Gasteiger partial charge in [0.15, 0.2) is 16.6 Å². The van der Waals surface area contributed by atoms with Gasteiger partial charge in [-0.25, -0.2) is 9.36 Å². The van der Waals surface area contributed by atoms with E-state index in [1.807, 2.05) is 36.4 Å². The number of rotatable bonds is 11. The highest BCUT2D eigenvalue weighted by molar-refractivity contribution is 6.74. The molecule has 3 aromatic rings. The van der Waals surface area contributed by atoms with Crippen LogP contribution < -0.4 is 16.6 Å². The summed E-state index contributed by atoms with van der Waals surface area (Å²) in [7, 11) is -4.97. The number of carbonyl (C=O) groups excluding carboxylic acids is 1. The molecule has 0 spiro atoms. The summed E-state index contributed by atoms with van der Waals surface area (Å²) in [5.74, 6) is 0.0205. The smallest absolute Gasteiger partial charge is 0.335 e. The normalized spacial score (nSPS) is 19.7. The third-order valence-corrected chi connectivity index (χ3v) is 18.6. The minimum atomic E-state index is -2.50. The van der Waals surface area contributed by atoms with Gasteiger partial charge in [0.1, 0.15) is 24.7 Å². The van der Waals surface area contributed by atoms with E-state index in [2.05, 4.69) is 73.0 Å². The van der Waals surface area contributed by atoms with Crippen molar-refractivity contribution < 1.29 is 23.1 Å². The zero-order valence-electron chi connectivity index (χ0n) is 29.9. The fourth-order valence-corrected chi connectivity index (χ4v) is 7.17. The molecule has 1 aliphatic rings. The summed E-state index contributed by atoms with van der Waals surface area (Å²) in [5, 5.41) is 2.52. The highest BCUT2D eigenvalue weighted by atomic mass is 28.4. The largest absolute Gasteiger partial charge is 0.467 e. The molecular weight excluding hydrogens is 643 g/mol. The van der Waals surface area contributed by atoms with E-state index < -0.39 is 46.3 Å². The van der Waals surface area contributed by atoms with Gasteiger partial charge < -0.3 is 23.6 Å². The van der Waals surface area contributed by atoms with Crippen molar-refractivity contribution in [2.45, 2.75) is 110 Å². The van der Waals surface area contributed by atoms with Crippen molar-refractivity contribution in [3.05, 3.63) is 117 Å². The van der Waals surface area contributed by atoms with E-state index in [0.29, 0.717) is 11.3 Å². The molecule has 260 valence electrons. The molecule has 2 aromatic carbocycles. The molecule has 0 aliphatic carbocycles. The molecule has 10 nitrogen and oxygen atoms in total. The van der Waals surface area contributed by atoms with Gasteiger partial charge in [-0.2, -0.15) is 0 Å². The highest BCUT2D eigenvalue weighted by Gasteiger charge is 2.53. The lowest BCUT2D eigenvalue weighted by Crippen LogP contribution is -2.53. The van der Waals surface area contributed by atoms with Gasteiger partial charge in [-0.1, -0.05) is 90.1 Å². The maximum Gasteiger partial charge on any atom is 0.335 e. The number of hydrogen-bond acceptors (Lipinski definition) is 7. The SMILES string of the molecule is CC(C)(C)[Si](C)(C)O[C@@H]1[C@H](O[Si](C)(C)C(C)(C)C)/C(=C/NC(=O)c2ccccc2)O[C@H]1n1ccc(=O)n(COCc2ccccc2)c1=O. The van der Waals surface area contributed by atoms with Crippen LogP contribution >= 0.6 is 0 Å². The zero-order chi connectivity index (χ0) is 35.5. The average Bonchev–Trinajstić information content (AvgIpc) is 3.32. The van der Waals surface area contributed by atoms with Gasteiger partial charge in [0.05, 0.1) is 6.61 Å². The maximum absolute atomic E-state index is 14.0.